The minimum atomic E-state index is -0.526. The summed E-state index contributed by atoms with van der Waals surface area (Å²) in [6.45, 7) is 0. The fraction of sp³-hybridized carbons (Fsp3) is 0.333. The van der Waals surface area contributed by atoms with Crippen molar-refractivity contribution in [1.82, 2.24) is 9.88 Å². The van der Waals surface area contributed by atoms with Crippen molar-refractivity contribution < 1.29 is 9.53 Å². The number of hydrogen-bond donors (Lipinski definition) is 1. The van der Waals surface area contributed by atoms with Crippen molar-refractivity contribution in [3.8, 4) is 0 Å². The summed E-state index contributed by atoms with van der Waals surface area (Å²) in [4.78, 5) is 21.1. The van der Waals surface area contributed by atoms with E-state index in [0.29, 0.717) is 6.42 Å². The van der Waals surface area contributed by atoms with Crippen LogP contribution in [0.2, 0.25) is 0 Å². The number of para-hydroxylation sites is 1. The highest BCUT2D eigenvalue weighted by atomic mass is 16.5. The van der Waals surface area contributed by atoms with E-state index in [-0.39, 0.29) is 5.97 Å². The molecular weight excluding hydrogens is 254 g/mol. The zero-order valence-corrected chi connectivity index (χ0v) is 12.0. The molecule has 1 aromatic carbocycles. The minimum absolute atomic E-state index is 0.326. The van der Waals surface area contributed by atoms with Gasteiger partial charge >= 0.3 is 5.97 Å². The fourth-order valence-corrected chi connectivity index (χ4v) is 2.06. The number of aromatic nitrogens is 1. The van der Waals surface area contributed by atoms with Crippen LogP contribution in [0.3, 0.4) is 0 Å². The van der Waals surface area contributed by atoms with Gasteiger partial charge < -0.3 is 14.6 Å². The molecule has 0 spiro atoms. The molecule has 0 aliphatic rings. The SMILES string of the molecule is COC(=O)C(Cc1c[nH]c2ccccc12)N=CN(C)C. The third kappa shape index (κ3) is 3.17. The van der Waals surface area contributed by atoms with Crippen molar-refractivity contribution >= 4 is 23.2 Å². The lowest BCUT2D eigenvalue weighted by molar-refractivity contribution is -0.142. The maximum atomic E-state index is 11.8. The van der Waals surface area contributed by atoms with E-state index in [4.69, 9.17) is 4.74 Å². The summed E-state index contributed by atoms with van der Waals surface area (Å²) in [6.07, 6.45) is 4.07. The highest BCUT2D eigenvalue weighted by Crippen LogP contribution is 2.20. The average molecular weight is 273 g/mol. The molecule has 106 valence electrons. The van der Waals surface area contributed by atoms with Gasteiger partial charge in [0.25, 0.3) is 0 Å². The molecule has 0 radical (unpaired) electrons. The van der Waals surface area contributed by atoms with E-state index in [0.717, 1.165) is 16.5 Å². The molecule has 5 nitrogen and oxygen atoms in total. The van der Waals surface area contributed by atoms with E-state index in [2.05, 4.69) is 9.98 Å². The number of aliphatic imine (C=N–C) groups is 1. The van der Waals surface area contributed by atoms with Gasteiger partial charge in [0, 0.05) is 37.6 Å². The van der Waals surface area contributed by atoms with Gasteiger partial charge in [-0.25, -0.2) is 4.79 Å². The number of nitrogens with zero attached hydrogens (tertiary/aromatic N) is 2. The van der Waals surface area contributed by atoms with Crippen molar-refractivity contribution in [2.45, 2.75) is 12.5 Å². The second-order valence-electron chi connectivity index (χ2n) is 4.83. The van der Waals surface area contributed by atoms with Gasteiger partial charge in [0.15, 0.2) is 6.04 Å². The van der Waals surface area contributed by atoms with Crippen LogP contribution in [0.15, 0.2) is 35.5 Å². The van der Waals surface area contributed by atoms with E-state index in [9.17, 15) is 4.79 Å². The van der Waals surface area contributed by atoms with Crippen molar-refractivity contribution in [2.24, 2.45) is 4.99 Å². The molecule has 5 heteroatoms. The molecule has 2 aromatic rings. The molecule has 1 aromatic heterocycles. The van der Waals surface area contributed by atoms with Crippen LogP contribution in [-0.4, -0.2) is 49.4 Å². The van der Waals surface area contributed by atoms with Gasteiger partial charge in [-0.3, -0.25) is 4.99 Å². The fourth-order valence-electron chi connectivity index (χ4n) is 2.06. The van der Waals surface area contributed by atoms with Crippen LogP contribution < -0.4 is 0 Å². The molecule has 0 aliphatic heterocycles. The number of nitrogens with one attached hydrogen (secondary N) is 1. The van der Waals surface area contributed by atoms with Crippen molar-refractivity contribution in [3.63, 3.8) is 0 Å². The van der Waals surface area contributed by atoms with Gasteiger partial charge in [-0.15, -0.1) is 0 Å². The van der Waals surface area contributed by atoms with Gasteiger partial charge in [-0.1, -0.05) is 18.2 Å². The zero-order valence-electron chi connectivity index (χ0n) is 12.0. The third-order valence-electron chi connectivity index (χ3n) is 3.04. The van der Waals surface area contributed by atoms with Gasteiger partial charge in [0.1, 0.15) is 0 Å². The Morgan fingerprint density at radius 2 is 2.20 bits per heavy atom. The molecule has 0 bridgehead atoms. The first kappa shape index (κ1) is 14.1. The Kier molecular flexibility index (Phi) is 4.40. The number of rotatable bonds is 5. The number of fused-ring (bicyclic) bond motifs is 1. The minimum Gasteiger partial charge on any atom is -0.467 e. The molecule has 0 saturated heterocycles. The molecule has 1 heterocycles. The lowest BCUT2D eigenvalue weighted by Gasteiger charge is -2.11. The third-order valence-corrected chi connectivity index (χ3v) is 3.04. The Hall–Kier alpha value is -2.30. The molecule has 20 heavy (non-hydrogen) atoms. The van der Waals surface area contributed by atoms with E-state index in [1.165, 1.54) is 7.11 Å². The standard InChI is InChI=1S/C15H19N3O2/c1-18(2)10-17-14(15(19)20-3)8-11-9-16-13-7-5-4-6-12(11)13/h4-7,9-10,14,16H,8H2,1-3H3. The predicted molar refractivity (Wildman–Crippen MR) is 80.0 cm³/mol. The van der Waals surface area contributed by atoms with Gasteiger partial charge in [0.05, 0.1) is 13.4 Å². The van der Waals surface area contributed by atoms with Gasteiger partial charge in [0.2, 0.25) is 0 Å². The zero-order chi connectivity index (χ0) is 14.5. The highest BCUT2D eigenvalue weighted by Gasteiger charge is 2.19. The molecule has 1 N–H and O–H groups in total. The molecule has 1 atom stereocenters. The second-order valence-corrected chi connectivity index (χ2v) is 4.83. The summed E-state index contributed by atoms with van der Waals surface area (Å²) < 4.78 is 4.82. The molecule has 0 amide bonds. The van der Waals surface area contributed by atoms with Crippen LogP contribution in [0.5, 0.6) is 0 Å². The molecule has 2 rings (SSSR count). The lowest BCUT2D eigenvalue weighted by atomic mass is 10.1. The lowest BCUT2D eigenvalue weighted by Crippen LogP contribution is -2.24. The maximum Gasteiger partial charge on any atom is 0.330 e. The average Bonchev–Trinajstić information content (AvgIpc) is 2.85. The van der Waals surface area contributed by atoms with Crippen molar-refractivity contribution in [1.29, 1.82) is 0 Å². The molecule has 1 unspecified atom stereocenters. The summed E-state index contributed by atoms with van der Waals surface area (Å²) >= 11 is 0. The first-order valence-corrected chi connectivity index (χ1v) is 6.44. The Morgan fingerprint density at radius 1 is 1.45 bits per heavy atom. The Bertz CT molecular complexity index is 616. The number of esters is 1. The number of carbonyl (C=O) groups is 1. The number of carbonyl (C=O) groups excluding carboxylic acids is 1. The molecule has 0 aliphatic carbocycles. The quantitative estimate of drug-likeness (QED) is 0.514. The smallest absolute Gasteiger partial charge is 0.330 e. The topological polar surface area (TPSA) is 57.7 Å². The number of ether oxygens (including phenoxy) is 1. The van der Waals surface area contributed by atoms with Crippen LogP contribution >= 0.6 is 0 Å². The number of methoxy groups -OCH3 is 1. The molecule has 0 saturated carbocycles. The number of hydrogen-bond acceptors (Lipinski definition) is 3. The maximum absolute atomic E-state index is 11.8. The Morgan fingerprint density at radius 3 is 2.90 bits per heavy atom. The van der Waals surface area contributed by atoms with Gasteiger partial charge in [-0.2, -0.15) is 0 Å². The molecular formula is C15H19N3O2. The second kappa shape index (κ2) is 6.23. The summed E-state index contributed by atoms with van der Waals surface area (Å²) in [5, 5.41) is 1.11. The summed E-state index contributed by atoms with van der Waals surface area (Å²) in [6, 6.07) is 7.47. The van der Waals surface area contributed by atoms with Crippen LogP contribution in [-0.2, 0) is 16.0 Å². The Labute approximate surface area is 118 Å². The first-order valence-electron chi connectivity index (χ1n) is 6.44. The van der Waals surface area contributed by atoms with E-state index in [1.807, 2.05) is 44.6 Å². The normalized spacial score (nSPS) is 12.8. The predicted octanol–water partition coefficient (Wildman–Crippen LogP) is 1.84. The largest absolute Gasteiger partial charge is 0.467 e. The van der Waals surface area contributed by atoms with Crippen LogP contribution in [0.4, 0.5) is 0 Å². The van der Waals surface area contributed by atoms with Crippen molar-refractivity contribution in [3.05, 3.63) is 36.0 Å². The molecule has 0 fully saturated rings. The number of aromatic amines is 1. The summed E-state index contributed by atoms with van der Waals surface area (Å²) in [7, 11) is 5.11. The first-order chi connectivity index (χ1) is 9.61. The Balaban J connectivity index is 2.25. The van der Waals surface area contributed by atoms with Crippen LogP contribution in [0.25, 0.3) is 10.9 Å². The van der Waals surface area contributed by atoms with Gasteiger partial charge in [-0.05, 0) is 11.6 Å². The number of benzene rings is 1. The van der Waals surface area contributed by atoms with E-state index < -0.39 is 6.04 Å². The highest BCUT2D eigenvalue weighted by molar-refractivity contribution is 5.85. The van der Waals surface area contributed by atoms with Crippen molar-refractivity contribution in [2.75, 3.05) is 21.2 Å². The van der Waals surface area contributed by atoms with E-state index >= 15 is 0 Å². The number of H-pyrrole nitrogens is 1. The summed E-state index contributed by atoms with van der Waals surface area (Å²) in [5.41, 5.74) is 2.12. The van der Waals surface area contributed by atoms with E-state index in [1.54, 1.807) is 11.2 Å². The van der Waals surface area contributed by atoms with Crippen LogP contribution in [0.1, 0.15) is 5.56 Å². The summed E-state index contributed by atoms with van der Waals surface area (Å²) in [5.74, 6) is -0.326. The monoisotopic (exact) mass is 273 g/mol. The van der Waals surface area contributed by atoms with Crippen LogP contribution in [0, 0.1) is 0 Å².